The standard InChI is InChI=1S/C28H29ClN4OS/c1-17-16-28(2,3)32(4)24-15-22(29)21(14-20(17)24)26-25(23-8-6-7-13-30-23)31-27(35)33(26)18-9-11-19(34-5)12-10-18/h6-16,25-26H,1-5H3,(H,31,35). The Morgan fingerprint density at radius 2 is 1.86 bits per heavy atom. The van der Waals surface area contributed by atoms with Gasteiger partial charge < -0.3 is 19.9 Å². The normalized spacial score (nSPS) is 20.9. The van der Waals surface area contributed by atoms with E-state index in [0.717, 1.165) is 28.4 Å². The van der Waals surface area contributed by atoms with Crippen LogP contribution < -0.4 is 19.9 Å². The van der Waals surface area contributed by atoms with Gasteiger partial charge in [-0.1, -0.05) is 23.7 Å². The molecule has 2 atom stereocenters. The van der Waals surface area contributed by atoms with Crippen molar-refractivity contribution in [3.63, 3.8) is 0 Å². The number of benzene rings is 2. The highest BCUT2D eigenvalue weighted by Crippen LogP contribution is 2.48. The summed E-state index contributed by atoms with van der Waals surface area (Å²) in [4.78, 5) is 9.07. The molecule has 5 rings (SSSR count). The van der Waals surface area contributed by atoms with E-state index in [9.17, 15) is 0 Å². The fraction of sp³-hybridized carbons (Fsp3) is 0.286. The van der Waals surface area contributed by atoms with Gasteiger partial charge in [-0.2, -0.15) is 0 Å². The Balaban J connectivity index is 1.68. The van der Waals surface area contributed by atoms with Gasteiger partial charge in [0.15, 0.2) is 5.11 Å². The lowest BCUT2D eigenvalue weighted by Gasteiger charge is -2.41. The van der Waals surface area contributed by atoms with Crippen molar-refractivity contribution in [1.82, 2.24) is 10.3 Å². The monoisotopic (exact) mass is 504 g/mol. The van der Waals surface area contributed by atoms with Gasteiger partial charge in [0.1, 0.15) is 5.75 Å². The molecule has 0 amide bonds. The molecule has 2 aromatic carbocycles. The average molecular weight is 505 g/mol. The summed E-state index contributed by atoms with van der Waals surface area (Å²) in [5.41, 5.74) is 6.33. The third-order valence-electron chi connectivity index (χ3n) is 7.10. The van der Waals surface area contributed by atoms with Gasteiger partial charge in [0, 0.05) is 35.2 Å². The molecule has 2 aliphatic heterocycles. The van der Waals surface area contributed by atoms with E-state index in [1.54, 1.807) is 7.11 Å². The fourth-order valence-electron chi connectivity index (χ4n) is 5.11. The van der Waals surface area contributed by atoms with Gasteiger partial charge in [-0.15, -0.1) is 0 Å². The Kier molecular flexibility index (Phi) is 5.98. The third-order valence-corrected chi connectivity index (χ3v) is 7.74. The SMILES string of the molecule is COc1ccc(N2C(=S)NC(c3ccccn3)C2c2cc3c(cc2Cl)N(C)C(C)(C)C=C3C)cc1. The van der Waals surface area contributed by atoms with E-state index >= 15 is 0 Å². The molecule has 1 aromatic heterocycles. The van der Waals surface area contributed by atoms with Crippen LogP contribution in [0.1, 0.15) is 49.7 Å². The summed E-state index contributed by atoms with van der Waals surface area (Å²) in [6.45, 7) is 6.59. The first-order valence-corrected chi connectivity index (χ1v) is 12.4. The predicted octanol–water partition coefficient (Wildman–Crippen LogP) is 6.55. The van der Waals surface area contributed by atoms with E-state index in [1.807, 2.05) is 48.7 Å². The van der Waals surface area contributed by atoms with Crippen LogP contribution in [0.15, 0.2) is 66.9 Å². The van der Waals surface area contributed by atoms with Gasteiger partial charge in [-0.3, -0.25) is 4.98 Å². The molecule has 0 spiro atoms. The molecule has 5 nitrogen and oxygen atoms in total. The molecule has 180 valence electrons. The highest BCUT2D eigenvalue weighted by molar-refractivity contribution is 7.80. The molecule has 1 N–H and O–H groups in total. The number of nitrogens with zero attached hydrogens (tertiary/aromatic N) is 3. The lowest BCUT2D eigenvalue weighted by molar-refractivity contribution is 0.415. The number of methoxy groups -OCH3 is 1. The second-order valence-corrected chi connectivity index (χ2v) is 10.4. The number of rotatable bonds is 4. The number of hydrogen-bond acceptors (Lipinski definition) is 4. The van der Waals surface area contributed by atoms with Gasteiger partial charge in [-0.25, -0.2) is 0 Å². The second-order valence-electron chi connectivity index (χ2n) is 9.63. The van der Waals surface area contributed by atoms with Gasteiger partial charge >= 0.3 is 0 Å². The molecule has 7 heteroatoms. The quantitative estimate of drug-likeness (QED) is 0.406. The Morgan fingerprint density at radius 3 is 2.51 bits per heavy atom. The minimum Gasteiger partial charge on any atom is -0.497 e. The van der Waals surface area contributed by atoms with Crippen molar-refractivity contribution in [1.29, 1.82) is 0 Å². The molecule has 0 aliphatic carbocycles. The molecule has 0 saturated carbocycles. The summed E-state index contributed by atoms with van der Waals surface area (Å²) in [5.74, 6) is 0.794. The van der Waals surface area contributed by atoms with E-state index in [0.29, 0.717) is 10.1 Å². The van der Waals surface area contributed by atoms with Crippen molar-refractivity contribution in [3.05, 3.63) is 88.7 Å². The second kappa shape index (κ2) is 8.85. The zero-order valence-electron chi connectivity index (χ0n) is 20.5. The lowest BCUT2D eigenvalue weighted by atomic mass is 9.86. The lowest BCUT2D eigenvalue weighted by Crippen LogP contribution is -2.42. The van der Waals surface area contributed by atoms with Gasteiger partial charge in [0.25, 0.3) is 0 Å². The van der Waals surface area contributed by atoms with Crippen LogP contribution in [-0.4, -0.2) is 29.8 Å². The van der Waals surface area contributed by atoms with Crippen LogP contribution in [-0.2, 0) is 0 Å². The summed E-state index contributed by atoms with van der Waals surface area (Å²) in [6.07, 6.45) is 4.12. The van der Waals surface area contributed by atoms with Crippen molar-refractivity contribution in [2.75, 3.05) is 24.0 Å². The number of hydrogen-bond donors (Lipinski definition) is 1. The number of likely N-dealkylation sites (N-methyl/N-ethyl adjacent to an activating group) is 1. The molecule has 35 heavy (non-hydrogen) atoms. The number of ether oxygens (including phenoxy) is 1. The molecule has 3 aromatic rings. The van der Waals surface area contributed by atoms with Crippen LogP contribution in [0.3, 0.4) is 0 Å². The maximum Gasteiger partial charge on any atom is 0.174 e. The number of nitrogens with one attached hydrogen (secondary N) is 1. The van der Waals surface area contributed by atoms with Crippen LogP contribution in [0, 0.1) is 0 Å². The van der Waals surface area contributed by atoms with Crippen LogP contribution in [0.5, 0.6) is 5.75 Å². The highest BCUT2D eigenvalue weighted by Gasteiger charge is 2.42. The Hall–Kier alpha value is -3.09. The number of thiocarbonyl (C=S) groups is 1. The van der Waals surface area contributed by atoms with Crippen molar-refractivity contribution in [2.24, 2.45) is 0 Å². The van der Waals surface area contributed by atoms with Crippen molar-refractivity contribution in [2.45, 2.75) is 38.4 Å². The first-order valence-electron chi connectivity index (χ1n) is 11.6. The van der Waals surface area contributed by atoms with Gasteiger partial charge in [0.2, 0.25) is 0 Å². The third kappa shape index (κ3) is 4.05. The van der Waals surface area contributed by atoms with E-state index < -0.39 is 0 Å². The van der Waals surface area contributed by atoms with Crippen LogP contribution in [0.4, 0.5) is 11.4 Å². The number of halogens is 1. The van der Waals surface area contributed by atoms with E-state index in [2.05, 4.69) is 66.1 Å². The minimum absolute atomic E-state index is 0.0932. The molecule has 0 bridgehead atoms. The number of anilines is 2. The molecular formula is C28H29ClN4OS. The Morgan fingerprint density at radius 1 is 1.11 bits per heavy atom. The number of allylic oxidation sites excluding steroid dienone is 1. The largest absolute Gasteiger partial charge is 0.497 e. The predicted molar refractivity (Wildman–Crippen MR) is 149 cm³/mol. The fourth-order valence-corrected chi connectivity index (χ4v) is 5.72. The molecule has 1 saturated heterocycles. The van der Waals surface area contributed by atoms with Crippen LogP contribution in [0.25, 0.3) is 5.57 Å². The maximum atomic E-state index is 7.06. The van der Waals surface area contributed by atoms with Crippen LogP contribution >= 0.6 is 23.8 Å². The maximum absolute atomic E-state index is 7.06. The number of fused-ring (bicyclic) bond motifs is 1. The minimum atomic E-state index is -0.184. The zero-order chi connectivity index (χ0) is 24.9. The first-order chi connectivity index (χ1) is 16.7. The van der Waals surface area contributed by atoms with Gasteiger partial charge in [-0.05, 0) is 92.7 Å². The number of pyridine rings is 1. The summed E-state index contributed by atoms with van der Waals surface area (Å²) >= 11 is 12.9. The van der Waals surface area contributed by atoms with Crippen molar-refractivity contribution in [3.8, 4) is 5.75 Å². The Labute approximate surface area is 217 Å². The summed E-state index contributed by atoms with van der Waals surface area (Å²) in [6, 6.07) is 17.9. The summed E-state index contributed by atoms with van der Waals surface area (Å²) in [5, 5.41) is 4.86. The summed E-state index contributed by atoms with van der Waals surface area (Å²) in [7, 11) is 3.78. The van der Waals surface area contributed by atoms with Crippen LogP contribution in [0.2, 0.25) is 5.02 Å². The first kappa shape index (κ1) is 23.6. The smallest absolute Gasteiger partial charge is 0.174 e. The van der Waals surface area contributed by atoms with E-state index in [1.165, 1.54) is 11.1 Å². The molecule has 1 fully saturated rings. The number of aromatic nitrogens is 1. The molecule has 2 unspecified atom stereocenters. The van der Waals surface area contributed by atoms with E-state index in [-0.39, 0.29) is 17.6 Å². The average Bonchev–Trinajstić information content (AvgIpc) is 3.19. The zero-order valence-corrected chi connectivity index (χ0v) is 22.1. The molecule has 2 aliphatic rings. The molecular weight excluding hydrogens is 476 g/mol. The molecule has 0 radical (unpaired) electrons. The summed E-state index contributed by atoms with van der Waals surface area (Å²) < 4.78 is 5.37. The van der Waals surface area contributed by atoms with Crippen molar-refractivity contribution < 1.29 is 4.74 Å². The van der Waals surface area contributed by atoms with Crippen molar-refractivity contribution >= 4 is 45.9 Å². The molecule has 3 heterocycles. The highest BCUT2D eigenvalue weighted by atomic mass is 35.5. The van der Waals surface area contributed by atoms with Gasteiger partial charge in [0.05, 0.1) is 30.4 Å². The topological polar surface area (TPSA) is 40.6 Å². The van der Waals surface area contributed by atoms with E-state index in [4.69, 9.17) is 28.6 Å². The Bertz CT molecular complexity index is 1310.